The van der Waals surface area contributed by atoms with E-state index >= 15 is 0 Å². The van der Waals surface area contributed by atoms with Gasteiger partial charge in [-0.3, -0.25) is 9.69 Å². The van der Waals surface area contributed by atoms with Crippen molar-refractivity contribution in [2.45, 2.75) is 6.54 Å². The molecule has 112 valence electrons. The summed E-state index contributed by atoms with van der Waals surface area (Å²) in [6.45, 7) is 0.324. The molecular weight excluding hydrogens is 320 g/mol. The van der Waals surface area contributed by atoms with E-state index in [0.717, 1.165) is 5.56 Å². The number of fused-ring (bicyclic) bond motifs is 1. The Bertz CT molecular complexity index is 739. The molecule has 2 aliphatic rings. The highest BCUT2D eigenvalue weighted by molar-refractivity contribution is 7.80. The van der Waals surface area contributed by atoms with Gasteiger partial charge in [0, 0.05) is 10.6 Å². The van der Waals surface area contributed by atoms with Crippen molar-refractivity contribution in [3.63, 3.8) is 0 Å². The van der Waals surface area contributed by atoms with Crippen molar-refractivity contribution >= 4 is 40.6 Å². The number of para-hydroxylation sites is 1. The number of benzene rings is 1. The van der Waals surface area contributed by atoms with Crippen LogP contribution >= 0.6 is 23.8 Å². The molecule has 1 unspecified atom stereocenters. The molecule has 3 rings (SSSR count). The van der Waals surface area contributed by atoms with Gasteiger partial charge in [0.1, 0.15) is 11.7 Å². The van der Waals surface area contributed by atoms with Gasteiger partial charge in [0.2, 0.25) is 11.0 Å². The number of nitrogens with zero attached hydrogens (tertiary/aromatic N) is 2. The summed E-state index contributed by atoms with van der Waals surface area (Å²) in [5.41, 5.74) is 1.51. The van der Waals surface area contributed by atoms with Crippen molar-refractivity contribution in [3.8, 4) is 5.75 Å². The lowest BCUT2D eigenvalue weighted by Crippen LogP contribution is -2.45. The van der Waals surface area contributed by atoms with E-state index in [-0.39, 0.29) is 11.0 Å². The molecule has 0 saturated carbocycles. The second-order valence-electron chi connectivity index (χ2n) is 4.92. The molecule has 0 spiro atoms. The number of ether oxygens (including phenoxy) is 1. The van der Waals surface area contributed by atoms with Crippen molar-refractivity contribution in [3.05, 3.63) is 53.1 Å². The summed E-state index contributed by atoms with van der Waals surface area (Å²) in [7, 11) is 1.60. The van der Waals surface area contributed by atoms with E-state index < -0.39 is 5.92 Å². The number of hydrogen-bond acceptors (Lipinski definition) is 3. The lowest BCUT2D eigenvalue weighted by atomic mass is 9.95. The predicted octanol–water partition coefficient (Wildman–Crippen LogP) is 3.07. The maximum absolute atomic E-state index is 12.7. The van der Waals surface area contributed by atoms with Gasteiger partial charge in [-0.2, -0.15) is 0 Å². The molecule has 0 bridgehead atoms. The van der Waals surface area contributed by atoms with Crippen LogP contribution in [0.25, 0.3) is 0 Å². The number of aliphatic imine (C=N–C) groups is 1. The minimum atomic E-state index is -0.473. The maximum atomic E-state index is 12.7. The number of carbonyl (C=O) groups is 1. The lowest BCUT2D eigenvalue weighted by Gasteiger charge is -2.30. The van der Waals surface area contributed by atoms with Gasteiger partial charge in [-0.05, 0) is 36.5 Å². The molecule has 1 aromatic rings. The van der Waals surface area contributed by atoms with Gasteiger partial charge in [0.25, 0.3) is 0 Å². The summed E-state index contributed by atoms with van der Waals surface area (Å²) in [5, 5.41) is 0.792. The summed E-state index contributed by atoms with van der Waals surface area (Å²) < 4.78 is 5.32. The van der Waals surface area contributed by atoms with Crippen molar-refractivity contribution < 1.29 is 9.53 Å². The van der Waals surface area contributed by atoms with Crippen molar-refractivity contribution in [2.24, 2.45) is 10.9 Å². The largest absolute Gasteiger partial charge is 0.496 e. The van der Waals surface area contributed by atoms with E-state index in [2.05, 4.69) is 4.99 Å². The molecule has 0 saturated heterocycles. The first-order chi connectivity index (χ1) is 10.6. The first-order valence-electron chi connectivity index (χ1n) is 6.71. The summed E-state index contributed by atoms with van der Waals surface area (Å²) >= 11 is 11.3. The summed E-state index contributed by atoms with van der Waals surface area (Å²) in [6.07, 6.45) is 5.14. The molecule has 0 N–H and O–H groups in total. The van der Waals surface area contributed by atoms with E-state index in [9.17, 15) is 4.79 Å². The van der Waals surface area contributed by atoms with Gasteiger partial charge >= 0.3 is 0 Å². The molecule has 1 heterocycles. The van der Waals surface area contributed by atoms with E-state index in [0.29, 0.717) is 23.0 Å². The van der Waals surface area contributed by atoms with Gasteiger partial charge in [-0.1, -0.05) is 29.8 Å². The number of rotatable bonds is 3. The number of hydrogen-bond donors (Lipinski definition) is 0. The highest BCUT2D eigenvalue weighted by Crippen LogP contribution is 2.27. The zero-order valence-electron chi connectivity index (χ0n) is 11.8. The molecule has 0 radical (unpaired) electrons. The van der Waals surface area contributed by atoms with Crippen molar-refractivity contribution in [1.29, 1.82) is 0 Å². The molecule has 0 aromatic heterocycles. The fraction of sp³-hybridized carbons (Fsp3) is 0.188. The molecule has 1 aliphatic carbocycles. The van der Waals surface area contributed by atoms with E-state index in [1.165, 1.54) is 4.90 Å². The quantitative estimate of drug-likeness (QED) is 0.799. The summed E-state index contributed by atoms with van der Waals surface area (Å²) in [4.78, 5) is 18.5. The van der Waals surface area contributed by atoms with Gasteiger partial charge in [-0.15, -0.1) is 0 Å². The molecule has 1 aromatic carbocycles. The predicted molar refractivity (Wildman–Crippen MR) is 90.1 cm³/mol. The lowest BCUT2D eigenvalue weighted by molar-refractivity contribution is -0.128. The Kier molecular flexibility index (Phi) is 4.09. The third-order valence-electron chi connectivity index (χ3n) is 3.57. The van der Waals surface area contributed by atoms with Crippen molar-refractivity contribution in [1.82, 2.24) is 4.90 Å². The average molecular weight is 333 g/mol. The minimum absolute atomic E-state index is 0.122. The van der Waals surface area contributed by atoms with Crippen LogP contribution in [0.15, 0.2) is 52.5 Å². The Balaban J connectivity index is 1.92. The van der Waals surface area contributed by atoms with E-state index in [1.807, 2.05) is 24.3 Å². The third-order valence-corrected chi connectivity index (χ3v) is 4.13. The summed E-state index contributed by atoms with van der Waals surface area (Å²) in [6, 6.07) is 7.52. The van der Waals surface area contributed by atoms with Crippen LogP contribution in [0.4, 0.5) is 0 Å². The number of halogens is 1. The molecule has 1 amide bonds. The topological polar surface area (TPSA) is 41.9 Å². The summed E-state index contributed by atoms with van der Waals surface area (Å²) in [5.74, 6) is 0.118. The number of carbonyl (C=O) groups excluding carboxylic acids is 1. The Hall–Kier alpha value is -1.98. The van der Waals surface area contributed by atoms with E-state index in [4.69, 9.17) is 28.6 Å². The number of thiocarbonyl (C=S) groups is 1. The van der Waals surface area contributed by atoms with Gasteiger partial charge in [-0.25, -0.2) is 4.99 Å². The van der Waals surface area contributed by atoms with Crippen LogP contribution in [-0.2, 0) is 11.3 Å². The van der Waals surface area contributed by atoms with Crippen molar-refractivity contribution in [2.75, 3.05) is 7.11 Å². The van der Waals surface area contributed by atoms with Crippen LogP contribution in [0, 0.1) is 5.92 Å². The SMILES string of the molecule is COc1ccccc1CN1C(=O)C2C=C(Cl)C=CC2=NC1=S. The first kappa shape index (κ1) is 14.9. The molecule has 1 aliphatic heterocycles. The van der Waals surface area contributed by atoms with Crippen LogP contribution in [0.5, 0.6) is 5.75 Å². The van der Waals surface area contributed by atoms with E-state index in [1.54, 1.807) is 25.3 Å². The van der Waals surface area contributed by atoms with Crippen LogP contribution in [0.3, 0.4) is 0 Å². The molecule has 22 heavy (non-hydrogen) atoms. The first-order valence-corrected chi connectivity index (χ1v) is 7.50. The Morgan fingerprint density at radius 3 is 2.91 bits per heavy atom. The molecule has 4 nitrogen and oxygen atoms in total. The molecular formula is C16H13ClN2O2S. The number of allylic oxidation sites excluding steroid dienone is 3. The highest BCUT2D eigenvalue weighted by Gasteiger charge is 2.34. The van der Waals surface area contributed by atoms with Gasteiger partial charge in [0.05, 0.1) is 19.4 Å². The fourth-order valence-electron chi connectivity index (χ4n) is 2.46. The Labute approximate surface area is 138 Å². The van der Waals surface area contributed by atoms with Crippen LogP contribution in [0.1, 0.15) is 5.56 Å². The molecule has 1 atom stereocenters. The number of amides is 1. The normalized spacial score (nSPS) is 20.5. The number of methoxy groups -OCH3 is 1. The second-order valence-corrected chi connectivity index (χ2v) is 5.72. The van der Waals surface area contributed by atoms with Gasteiger partial charge in [0.15, 0.2) is 0 Å². The fourth-order valence-corrected chi connectivity index (χ4v) is 2.90. The minimum Gasteiger partial charge on any atom is -0.496 e. The monoisotopic (exact) mass is 332 g/mol. The third kappa shape index (κ3) is 2.69. The standard InChI is InChI=1S/C16H13ClN2O2S/c1-21-14-5-3-2-4-10(14)9-19-15(20)12-8-11(17)6-7-13(12)18-16(19)22/h2-8,12H,9H2,1H3. The zero-order chi connectivity index (χ0) is 15.7. The van der Waals surface area contributed by atoms with Crippen LogP contribution < -0.4 is 4.74 Å². The Morgan fingerprint density at radius 1 is 1.36 bits per heavy atom. The van der Waals surface area contributed by atoms with Crippen LogP contribution in [-0.4, -0.2) is 28.7 Å². The zero-order valence-corrected chi connectivity index (χ0v) is 13.4. The maximum Gasteiger partial charge on any atom is 0.242 e. The second kappa shape index (κ2) is 6.02. The average Bonchev–Trinajstić information content (AvgIpc) is 2.52. The highest BCUT2D eigenvalue weighted by atomic mass is 35.5. The van der Waals surface area contributed by atoms with Crippen LogP contribution in [0.2, 0.25) is 0 Å². The smallest absolute Gasteiger partial charge is 0.242 e. The van der Waals surface area contributed by atoms with Gasteiger partial charge < -0.3 is 4.74 Å². The molecule has 0 fully saturated rings. The molecule has 6 heteroatoms. The Morgan fingerprint density at radius 2 is 2.14 bits per heavy atom.